The number of hydrogen-bond acceptors (Lipinski definition) is 4. The Hall–Kier alpha value is -6.39. The predicted molar refractivity (Wildman–Crippen MR) is 192 cm³/mol. The molecule has 2 heterocycles. The van der Waals surface area contributed by atoms with E-state index in [0.29, 0.717) is 17.5 Å². The first kappa shape index (κ1) is 27.0. The summed E-state index contributed by atoms with van der Waals surface area (Å²) < 4.78 is 6.39. The van der Waals surface area contributed by atoms with Crippen LogP contribution >= 0.6 is 0 Å². The quantitative estimate of drug-likeness (QED) is 0.197. The minimum atomic E-state index is 0.598. The molecule has 0 atom stereocenters. The maximum absolute atomic E-state index is 6.39. The molecule has 0 radical (unpaired) electrons. The van der Waals surface area contributed by atoms with Crippen LogP contribution in [0, 0.1) is 0 Å². The van der Waals surface area contributed by atoms with Crippen molar-refractivity contribution in [3.8, 4) is 56.4 Å². The summed E-state index contributed by atoms with van der Waals surface area (Å²) in [6.45, 7) is 0. The van der Waals surface area contributed by atoms with Crippen LogP contribution in [0.15, 0.2) is 168 Å². The van der Waals surface area contributed by atoms with Gasteiger partial charge in [0.15, 0.2) is 17.5 Å². The minimum absolute atomic E-state index is 0.598. The van der Waals surface area contributed by atoms with Crippen molar-refractivity contribution in [3.05, 3.63) is 164 Å². The number of fused-ring (bicyclic) bond motifs is 4. The van der Waals surface area contributed by atoms with E-state index in [1.165, 1.54) is 16.3 Å². The summed E-state index contributed by atoms with van der Waals surface area (Å²) in [6, 6.07) is 56.3. The summed E-state index contributed by atoms with van der Waals surface area (Å²) in [5.41, 5.74) is 8.81. The van der Waals surface area contributed by atoms with Crippen molar-refractivity contribution in [2.45, 2.75) is 0 Å². The highest BCUT2D eigenvalue weighted by molar-refractivity contribution is 6.15. The lowest BCUT2D eigenvalue weighted by Crippen LogP contribution is -2.01. The van der Waals surface area contributed by atoms with E-state index >= 15 is 0 Å². The second kappa shape index (κ2) is 11.2. The Morgan fingerprint density at radius 1 is 0.362 bits per heavy atom. The molecule has 9 rings (SSSR count). The molecule has 0 aliphatic carbocycles. The van der Waals surface area contributed by atoms with E-state index in [-0.39, 0.29) is 0 Å². The first-order valence-corrected chi connectivity index (χ1v) is 15.7. The van der Waals surface area contributed by atoms with Gasteiger partial charge < -0.3 is 4.42 Å². The van der Waals surface area contributed by atoms with Gasteiger partial charge in [0.25, 0.3) is 0 Å². The maximum atomic E-state index is 6.39. The van der Waals surface area contributed by atoms with Gasteiger partial charge in [0.05, 0.1) is 0 Å². The average Bonchev–Trinajstić information content (AvgIpc) is 3.54. The van der Waals surface area contributed by atoms with Crippen LogP contribution in [0.4, 0.5) is 0 Å². The van der Waals surface area contributed by atoms with Gasteiger partial charge in [-0.1, -0.05) is 140 Å². The Morgan fingerprint density at radius 2 is 0.915 bits per heavy atom. The lowest BCUT2D eigenvalue weighted by atomic mass is 9.93. The van der Waals surface area contributed by atoms with Crippen LogP contribution in [0.5, 0.6) is 0 Å². The summed E-state index contributed by atoms with van der Waals surface area (Å²) in [5, 5.41) is 4.38. The van der Waals surface area contributed by atoms with Crippen molar-refractivity contribution >= 4 is 32.7 Å². The molecule has 9 aromatic rings. The van der Waals surface area contributed by atoms with Crippen molar-refractivity contribution in [2.75, 3.05) is 0 Å². The molecule has 0 aliphatic heterocycles. The molecule has 4 nitrogen and oxygen atoms in total. The SMILES string of the molecule is c1ccc(-c2ccc(-c3nc(-c4ccccc4)nc(-c4c(-c5ccc6ccccc6c5)ccc5oc6ccccc6c45)n3)cc2)cc1. The van der Waals surface area contributed by atoms with Crippen molar-refractivity contribution in [3.63, 3.8) is 0 Å². The highest BCUT2D eigenvalue weighted by Crippen LogP contribution is 2.43. The summed E-state index contributed by atoms with van der Waals surface area (Å²) in [4.78, 5) is 15.4. The molecular weight excluding hydrogens is 574 g/mol. The van der Waals surface area contributed by atoms with E-state index in [1.54, 1.807) is 0 Å². The third kappa shape index (κ3) is 4.84. The zero-order valence-electron chi connectivity index (χ0n) is 25.3. The van der Waals surface area contributed by atoms with Gasteiger partial charge in [0.2, 0.25) is 0 Å². The lowest BCUT2D eigenvalue weighted by Gasteiger charge is -2.14. The number of benzene rings is 7. The van der Waals surface area contributed by atoms with Crippen molar-refractivity contribution in [2.24, 2.45) is 0 Å². The molecule has 0 bridgehead atoms. The van der Waals surface area contributed by atoms with Crippen molar-refractivity contribution < 1.29 is 4.42 Å². The third-order valence-corrected chi connectivity index (χ3v) is 8.75. The molecule has 2 aromatic heterocycles. The van der Waals surface area contributed by atoms with Gasteiger partial charge in [-0.3, -0.25) is 0 Å². The standard InChI is InChI=1S/C43H27N3O/c1-3-11-28(12-4-1)30-19-22-32(23-20-30)42-44-41(31-14-5-2-6-15-31)45-43(46-42)40-35(34-24-21-29-13-7-8-16-33(29)27-34)25-26-38-39(40)36-17-9-10-18-37(36)47-38/h1-27H. The predicted octanol–water partition coefficient (Wildman–Crippen LogP) is 11.3. The van der Waals surface area contributed by atoms with E-state index in [2.05, 4.69) is 109 Å². The van der Waals surface area contributed by atoms with Gasteiger partial charge in [-0.05, 0) is 57.3 Å². The molecule has 0 unspecified atom stereocenters. The maximum Gasteiger partial charge on any atom is 0.165 e. The van der Waals surface area contributed by atoms with Crippen LogP contribution in [-0.2, 0) is 0 Å². The number of furan rings is 1. The van der Waals surface area contributed by atoms with Crippen LogP contribution in [0.25, 0.3) is 89.1 Å². The van der Waals surface area contributed by atoms with Crippen LogP contribution in [0.1, 0.15) is 0 Å². The Labute approximate surface area is 271 Å². The number of nitrogens with zero attached hydrogens (tertiary/aromatic N) is 3. The Bertz CT molecular complexity index is 2550. The van der Waals surface area contributed by atoms with Crippen LogP contribution in [0.2, 0.25) is 0 Å². The fourth-order valence-corrected chi connectivity index (χ4v) is 6.42. The normalized spacial score (nSPS) is 11.4. The Balaban J connectivity index is 1.32. The van der Waals surface area contributed by atoms with Crippen LogP contribution in [-0.4, -0.2) is 15.0 Å². The first-order chi connectivity index (χ1) is 23.3. The van der Waals surface area contributed by atoms with Gasteiger partial charge in [0, 0.05) is 27.5 Å². The second-order valence-electron chi connectivity index (χ2n) is 11.6. The van der Waals surface area contributed by atoms with Crippen LogP contribution in [0.3, 0.4) is 0 Å². The fraction of sp³-hybridized carbons (Fsp3) is 0. The summed E-state index contributed by atoms with van der Waals surface area (Å²) in [6.07, 6.45) is 0. The lowest BCUT2D eigenvalue weighted by molar-refractivity contribution is 0.669. The molecule has 0 aliphatic rings. The van der Waals surface area contributed by atoms with E-state index in [0.717, 1.165) is 55.3 Å². The molecule has 0 saturated heterocycles. The third-order valence-electron chi connectivity index (χ3n) is 8.75. The van der Waals surface area contributed by atoms with E-state index in [4.69, 9.17) is 19.4 Å². The molecule has 0 saturated carbocycles. The van der Waals surface area contributed by atoms with E-state index < -0.39 is 0 Å². The number of aromatic nitrogens is 3. The molecule has 220 valence electrons. The molecule has 7 aromatic carbocycles. The summed E-state index contributed by atoms with van der Waals surface area (Å²) in [5.74, 6) is 1.83. The minimum Gasteiger partial charge on any atom is -0.456 e. The van der Waals surface area contributed by atoms with Gasteiger partial charge in [-0.2, -0.15) is 0 Å². The molecule has 0 fully saturated rings. The van der Waals surface area contributed by atoms with Crippen molar-refractivity contribution in [1.82, 2.24) is 15.0 Å². The second-order valence-corrected chi connectivity index (χ2v) is 11.6. The van der Waals surface area contributed by atoms with Gasteiger partial charge in [-0.25, -0.2) is 15.0 Å². The largest absolute Gasteiger partial charge is 0.456 e. The molecule has 0 amide bonds. The zero-order chi connectivity index (χ0) is 31.2. The molecule has 0 N–H and O–H groups in total. The fourth-order valence-electron chi connectivity index (χ4n) is 6.42. The van der Waals surface area contributed by atoms with Crippen molar-refractivity contribution in [1.29, 1.82) is 0 Å². The average molecular weight is 602 g/mol. The number of hydrogen-bond donors (Lipinski definition) is 0. The number of rotatable bonds is 5. The Morgan fingerprint density at radius 3 is 1.68 bits per heavy atom. The molecule has 47 heavy (non-hydrogen) atoms. The first-order valence-electron chi connectivity index (χ1n) is 15.7. The van der Waals surface area contributed by atoms with E-state index in [1.807, 2.05) is 54.6 Å². The summed E-state index contributed by atoms with van der Waals surface area (Å²) >= 11 is 0. The van der Waals surface area contributed by atoms with Crippen LogP contribution < -0.4 is 0 Å². The molecule has 4 heteroatoms. The number of para-hydroxylation sites is 1. The van der Waals surface area contributed by atoms with Gasteiger partial charge in [0.1, 0.15) is 11.2 Å². The smallest absolute Gasteiger partial charge is 0.165 e. The van der Waals surface area contributed by atoms with Gasteiger partial charge in [-0.15, -0.1) is 0 Å². The Kier molecular flexibility index (Phi) is 6.43. The topological polar surface area (TPSA) is 51.8 Å². The summed E-state index contributed by atoms with van der Waals surface area (Å²) in [7, 11) is 0. The van der Waals surface area contributed by atoms with Gasteiger partial charge >= 0.3 is 0 Å². The molecular formula is C43H27N3O. The molecule has 0 spiro atoms. The van der Waals surface area contributed by atoms with E-state index in [9.17, 15) is 0 Å². The monoisotopic (exact) mass is 601 g/mol. The highest BCUT2D eigenvalue weighted by Gasteiger charge is 2.22. The highest BCUT2D eigenvalue weighted by atomic mass is 16.3. The zero-order valence-corrected chi connectivity index (χ0v) is 25.3.